The van der Waals surface area contributed by atoms with Gasteiger partial charge in [0.25, 0.3) is 0 Å². The van der Waals surface area contributed by atoms with Gasteiger partial charge in [0, 0.05) is 30.1 Å². The largest absolute Gasteiger partial charge is 0.489 e. The zero-order chi connectivity index (χ0) is 9.68. The molecule has 3 nitrogen and oxygen atoms in total. The van der Waals surface area contributed by atoms with Crippen LogP contribution in [-0.4, -0.2) is 11.6 Å². The second-order valence-corrected chi connectivity index (χ2v) is 2.74. The molecule has 0 amide bonds. The van der Waals surface area contributed by atoms with Crippen molar-refractivity contribution in [3.63, 3.8) is 0 Å². The number of aromatic nitrogens is 1. The number of nitrogens with zero attached hydrogens (tertiary/aromatic N) is 1. The van der Waals surface area contributed by atoms with Gasteiger partial charge in [0.1, 0.15) is 12.4 Å². The fourth-order valence-electron chi connectivity index (χ4n) is 0.999. The van der Waals surface area contributed by atoms with Crippen LogP contribution in [0.3, 0.4) is 0 Å². The van der Waals surface area contributed by atoms with E-state index in [9.17, 15) is 0 Å². The van der Waals surface area contributed by atoms with Crippen LogP contribution in [0.15, 0.2) is 24.9 Å². The first kappa shape index (κ1) is 9.74. The summed E-state index contributed by atoms with van der Waals surface area (Å²) >= 11 is 0. The SMILES string of the molecule is C=CCOc1cc(C)ncc1CN. The van der Waals surface area contributed by atoms with Crippen LogP contribution < -0.4 is 10.5 Å². The molecule has 0 bridgehead atoms. The smallest absolute Gasteiger partial charge is 0.127 e. The third-order valence-corrected chi connectivity index (χ3v) is 1.66. The van der Waals surface area contributed by atoms with Gasteiger partial charge >= 0.3 is 0 Å². The number of pyridine rings is 1. The molecule has 13 heavy (non-hydrogen) atoms. The van der Waals surface area contributed by atoms with Crippen molar-refractivity contribution in [1.29, 1.82) is 0 Å². The maximum absolute atomic E-state index is 5.53. The van der Waals surface area contributed by atoms with Gasteiger partial charge < -0.3 is 10.5 Å². The summed E-state index contributed by atoms with van der Waals surface area (Å²) < 4.78 is 5.42. The zero-order valence-corrected chi connectivity index (χ0v) is 7.79. The summed E-state index contributed by atoms with van der Waals surface area (Å²) in [6.45, 7) is 6.44. The van der Waals surface area contributed by atoms with Crippen LogP contribution in [0.5, 0.6) is 5.75 Å². The van der Waals surface area contributed by atoms with Crippen molar-refractivity contribution in [3.05, 3.63) is 36.2 Å². The van der Waals surface area contributed by atoms with Gasteiger partial charge in [0.05, 0.1) is 0 Å². The summed E-state index contributed by atoms with van der Waals surface area (Å²) in [5, 5.41) is 0. The van der Waals surface area contributed by atoms with Crippen LogP contribution in [-0.2, 0) is 6.54 Å². The summed E-state index contributed by atoms with van der Waals surface area (Å²) in [6, 6.07) is 1.88. The van der Waals surface area contributed by atoms with Gasteiger partial charge in [-0.2, -0.15) is 0 Å². The fourth-order valence-corrected chi connectivity index (χ4v) is 0.999. The third kappa shape index (κ3) is 2.56. The van der Waals surface area contributed by atoms with Gasteiger partial charge in [-0.05, 0) is 6.92 Å². The minimum atomic E-state index is 0.444. The molecule has 2 N–H and O–H groups in total. The molecule has 3 heteroatoms. The Labute approximate surface area is 78.2 Å². The third-order valence-electron chi connectivity index (χ3n) is 1.66. The van der Waals surface area contributed by atoms with Crippen LogP contribution in [0, 0.1) is 6.92 Å². The lowest BCUT2D eigenvalue weighted by Gasteiger charge is -2.08. The minimum absolute atomic E-state index is 0.444. The summed E-state index contributed by atoms with van der Waals surface area (Å²) in [6.07, 6.45) is 3.45. The van der Waals surface area contributed by atoms with Gasteiger partial charge in [-0.3, -0.25) is 4.98 Å². The van der Waals surface area contributed by atoms with Gasteiger partial charge in [-0.1, -0.05) is 12.7 Å². The van der Waals surface area contributed by atoms with E-state index in [0.29, 0.717) is 13.2 Å². The highest BCUT2D eigenvalue weighted by molar-refractivity contribution is 5.32. The summed E-state index contributed by atoms with van der Waals surface area (Å²) in [5.41, 5.74) is 7.38. The summed E-state index contributed by atoms with van der Waals surface area (Å²) in [4.78, 5) is 4.13. The molecular weight excluding hydrogens is 164 g/mol. The van der Waals surface area contributed by atoms with E-state index in [1.54, 1.807) is 12.3 Å². The van der Waals surface area contributed by atoms with Crippen LogP contribution >= 0.6 is 0 Å². The molecule has 0 saturated heterocycles. The number of nitrogens with two attached hydrogens (primary N) is 1. The van der Waals surface area contributed by atoms with Crippen LogP contribution in [0.4, 0.5) is 0 Å². The molecule has 0 aliphatic rings. The normalized spacial score (nSPS) is 9.69. The van der Waals surface area contributed by atoms with Crippen molar-refractivity contribution < 1.29 is 4.74 Å². The molecule has 0 radical (unpaired) electrons. The Morgan fingerprint density at radius 2 is 2.46 bits per heavy atom. The molecule has 0 aliphatic carbocycles. The van der Waals surface area contributed by atoms with Crippen LogP contribution in [0.2, 0.25) is 0 Å². The van der Waals surface area contributed by atoms with Crippen molar-refractivity contribution in [2.24, 2.45) is 5.73 Å². The monoisotopic (exact) mass is 178 g/mol. The Morgan fingerprint density at radius 3 is 3.08 bits per heavy atom. The van der Waals surface area contributed by atoms with Gasteiger partial charge in [0.2, 0.25) is 0 Å². The fraction of sp³-hybridized carbons (Fsp3) is 0.300. The van der Waals surface area contributed by atoms with Crippen molar-refractivity contribution in [2.45, 2.75) is 13.5 Å². The van der Waals surface area contributed by atoms with Crippen molar-refractivity contribution in [3.8, 4) is 5.75 Å². The first-order valence-corrected chi connectivity index (χ1v) is 4.17. The highest BCUT2D eigenvalue weighted by Crippen LogP contribution is 2.17. The number of rotatable bonds is 4. The van der Waals surface area contributed by atoms with Gasteiger partial charge in [-0.25, -0.2) is 0 Å². The molecular formula is C10H14N2O. The van der Waals surface area contributed by atoms with E-state index in [2.05, 4.69) is 11.6 Å². The van der Waals surface area contributed by atoms with Crippen molar-refractivity contribution in [2.75, 3.05) is 6.61 Å². The Balaban J connectivity index is 2.87. The molecule has 1 aromatic heterocycles. The predicted octanol–water partition coefficient (Wildman–Crippen LogP) is 1.41. The predicted molar refractivity (Wildman–Crippen MR) is 52.6 cm³/mol. The zero-order valence-electron chi connectivity index (χ0n) is 7.79. The van der Waals surface area contributed by atoms with Gasteiger partial charge in [0.15, 0.2) is 0 Å². The number of aryl methyl sites for hydroxylation is 1. The standard InChI is InChI=1S/C10H14N2O/c1-3-4-13-10-5-8(2)12-7-9(10)6-11/h3,5,7H,1,4,6,11H2,2H3. The molecule has 0 saturated carbocycles. The van der Waals surface area contributed by atoms with E-state index >= 15 is 0 Å². The molecule has 1 aromatic rings. The number of ether oxygens (including phenoxy) is 1. The highest BCUT2D eigenvalue weighted by Gasteiger charge is 2.01. The molecule has 0 atom stereocenters. The maximum Gasteiger partial charge on any atom is 0.127 e. The number of hydrogen-bond acceptors (Lipinski definition) is 3. The Hall–Kier alpha value is -1.35. The Bertz CT molecular complexity index is 297. The molecule has 0 fully saturated rings. The Kier molecular flexibility index (Phi) is 3.46. The van der Waals surface area contributed by atoms with E-state index in [4.69, 9.17) is 10.5 Å². The molecule has 0 aromatic carbocycles. The van der Waals surface area contributed by atoms with Crippen LogP contribution in [0.1, 0.15) is 11.3 Å². The first-order chi connectivity index (χ1) is 6.27. The first-order valence-electron chi connectivity index (χ1n) is 4.17. The molecule has 70 valence electrons. The second-order valence-electron chi connectivity index (χ2n) is 2.74. The van der Waals surface area contributed by atoms with Crippen molar-refractivity contribution in [1.82, 2.24) is 4.98 Å². The molecule has 1 rings (SSSR count). The molecule has 0 spiro atoms. The maximum atomic E-state index is 5.53. The van der Waals surface area contributed by atoms with Crippen molar-refractivity contribution >= 4 is 0 Å². The summed E-state index contributed by atoms with van der Waals surface area (Å²) in [7, 11) is 0. The second kappa shape index (κ2) is 4.62. The Morgan fingerprint density at radius 1 is 1.69 bits per heavy atom. The molecule has 0 aliphatic heterocycles. The molecule has 1 heterocycles. The average molecular weight is 178 g/mol. The van der Waals surface area contributed by atoms with Gasteiger partial charge in [-0.15, -0.1) is 0 Å². The molecule has 0 unspecified atom stereocenters. The van der Waals surface area contributed by atoms with E-state index in [1.807, 2.05) is 13.0 Å². The van der Waals surface area contributed by atoms with E-state index < -0.39 is 0 Å². The topological polar surface area (TPSA) is 48.1 Å². The van der Waals surface area contributed by atoms with E-state index in [0.717, 1.165) is 17.0 Å². The lowest BCUT2D eigenvalue weighted by Crippen LogP contribution is -2.03. The van der Waals surface area contributed by atoms with E-state index in [-0.39, 0.29) is 0 Å². The average Bonchev–Trinajstić information content (AvgIpc) is 2.15. The lowest BCUT2D eigenvalue weighted by molar-refractivity contribution is 0.358. The number of hydrogen-bond donors (Lipinski definition) is 1. The highest BCUT2D eigenvalue weighted by atomic mass is 16.5. The van der Waals surface area contributed by atoms with E-state index in [1.165, 1.54) is 0 Å². The lowest BCUT2D eigenvalue weighted by atomic mass is 10.2. The minimum Gasteiger partial charge on any atom is -0.489 e. The summed E-state index contributed by atoms with van der Waals surface area (Å²) in [5.74, 6) is 0.801. The quantitative estimate of drug-likeness (QED) is 0.709. The van der Waals surface area contributed by atoms with Crippen LogP contribution in [0.25, 0.3) is 0 Å².